The minimum atomic E-state index is -1.77. The first kappa shape index (κ1) is 27.5. The van der Waals surface area contributed by atoms with Crippen LogP contribution in [0.4, 0.5) is 0 Å². The van der Waals surface area contributed by atoms with Gasteiger partial charge in [0.2, 0.25) is 0 Å². The van der Waals surface area contributed by atoms with Crippen molar-refractivity contribution in [1.82, 2.24) is 0 Å². The summed E-state index contributed by atoms with van der Waals surface area (Å²) in [5, 5.41) is 5.09. The van der Waals surface area contributed by atoms with Crippen LogP contribution in [0.1, 0.15) is 90.5 Å². The number of benzene rings is 2. The predicted octanol–water partition coefficient (Wildman–Crippen LogP) is 8.98. The second-order valence-corrected chi connectivity index (χ2v) is 16.0. The van der Waals surface area contributed by atoms with Crippen LogP contribution in [-0.2, 0) is 13.5 Å². The summed E-state index contributed by atoms with van der Waals surface area (Å²) in [5.74, 6) is 1.42. The maximum absolute atomic E-state index is 5.82. The summed E-state index contributed by atoms with van der Waals surface area (Å²) in [5.41, 5.74) is 4.25. The van der Waals surface area contributed by atoms with Gasteiger partial charge in [0.05, 0.1) is 0 Å². The summed E-state index contributed by atoms with van der Waals surface area (Å²) in [4.78, 5) is 0. The molecule has 5 heteroatoms. The van der Waals surface area contributed by atoms with Gasteiger partial charge in [-0.3, -0.25) is 0 Å². The molecule has 2 aromatic rings. The molecule has 1 heterocycles. The molecule has 3 rings (SSSR count). The zero-order chi connectivity index (χ0) is 24.1. The number of hydrogen-bond donors (Lipinski definition) is 0. The molecule has 1 aliphatic rings. The van der Waals surface area contributed by atoms with Gasteiger partial charge < -0.3 is 5.32 Å². The van der Waals surface area contributed by atoms with Crippen LogP contribution in [0.15, 0.2) is 48.5 Å². The van der Waals surface area contributed by atoms with E-state index < -0.39 is 13.5 Å². The molecule has 0 aliphatic carbocycles. The zero-order valence-electron chi connectivity index (χ0n) is 20.6. The van der Waals surface area contributed by atoms with Crippen molar-refractivity contribution in [3.05, 3.63) is 70.5 Å². The van der Waals surface area contributed by atoms with Crippen LogP contribution in [0, 0.1) is 5.41 Å². The quantitative estimate of drug-likeness (QED) is 0.333. The molecule has 1 aliphatic heterocycles. The maximum Gasteiger partial charge on any atom is -0.0217 e. The largest absolute Gasteiger partial charge is 0.650 e. The van der Waals surface area contributed by atoms with Gasteiger partial charge in [0.15, 0.2) is 0 Å². The molecule has 0 saturated carbocycles. The van der Waals surface area contributed by atoms with Gasteiger partial charge in [0.1, 0.15) is 0 Å². The molecule has 2 aromatic carbocycles. The molecule has 32 heavy (non-hydrogen) atoms. The van der Waals surface area contributed by atoms with E-state index in [4.69, 9.17) is 29.4 Å². The molecular weight excluding hydrogens is 526 g/mol. The SMILES string of the molecule is CC(C)Oc1ccccc1[CH]=[Ru]([Cl])[Cl].CC(C)c1ccccc1C1[N-]C(C)(C)CC1(C)C. The molecule has 1 fully saturated rings. The van der Waals surface area contributed by atoms with Gasteiger partial charge in [0, 0.05) is 0 Å². The first-order valence-corrected chi connectivity index (χ1v) is 16.7. The summed E-state index contributed by atoms with van der Waals surface area (Å²) in [6.07, 6.45) is 1.33. The molecule has 0 amide bonds. The van der Waals surface area contributed by atoms with Crippen molar-refractivity contribution in [2.75, 3.05) is 0 Å². The molecule has 1 unspecified atom stereocenters. The summed E-state index contributed by atoms with van der Waals surface area (Å²) in [6, 6.07) is 16.9. The van der Waals surface area contributed by atoms with E-state index in [1.807, 2.05) is 42.7 Å². The van der Waals surface area contributed by atoms with Gasteiger partial charge in [0.25, 0.3) is 0 Å². The van der Waals surface area contributed by atoms with Crippen molar-refractivity contribution in [1.29, 1.82) is 0 Å². The van der Waals surface area contributed by atoms with Crippen LogP contribution >= 0.6 is 19.4 Å². The number of halogens is 2. The van der Waals surface area contributed by atoms with Gasteiger partial charge in [-0.05, 0) is 16.9 Å². The second kappa shape index (κ2) is 11.6. The van der Waals surface area contributed by atoms with Crippen LogP contribution in [0.2, 0.25) is 0 Å². The van der Waals surface area contributed by atoms with E-state index in [1.165, 1.54) is 11.1 Å². The Kier molecular flexibility index (Phi) is 9.98. The van der Waals surface area contributed by atoms with Crippen molar-refractivity contribution in [3.8, 4) is 5.75 Å². The Morgan fingerprint density at radius 3 is 2.09 bits per heavy atom. The standard InChI is InChI=1S/C17H26N.C10H12O.2ClH.Ru/c1-12(2)13-9-7-8-10-14(13)15-16(3,4)11-17(5,6)18-15;1-8(2)11-10-7-5-4-6-9(10)3;;;/h7-10,12,15H,11H2,1-6H3;3-8H,1-2H3;2*1H;/q-1;;;;+2/p-2. The predicted molar refractivity (Wildman–Crippen MR) is 138 cm³/mol. The van der Waals surface area contributed by atoms with Crippen LogP contribution < -0.4 is 4.74 Å². The molecule has 0 aromatic heterocycles. The van der Waals surface area contributed by atoms with Crippen molar-refractivity contribution in [3.63, 3.8) is 0 Å². The Morgan fingerprint density at radius 2 is 1.56 bits per heavy atom. The first-order valence-electron chi connectivity index (χ1n) is 11.2. The third-order valence-corrected chi connectivity index (χ3v) is 7.32. The van der Waals surface area contributed by atoms with Crippen molar-refractivity contribution in [2.45, 2.75) is 85.4 Å². The smallest absolute Gasteiger partial charge is 0.0217 e. The molecule has 2 nitrogen and oxygen atoms in total. The minimum Gasteiger partial charge on any atom is -0.650 e. The number of hydrogen-bond acceptors (Lipinski definition) is 1. The molecule has 0 bridgehead atoms. The average molecular weight is 565 g/mol. The number of nitrogens with zero attached hydrogens (tertiary/aromatic N) is 1. The monoisotopic (exact) mass is 564 g/mol. The topological polar surface area (TPSA) is 23.3 Å². The van der Waals surface area contributed by atoms with Gasteiger partial charge in [-0.1, -0.05) is 77.8 Å². The fourth-order valence-electron chi connectivity index (χ4n) is 4.57. The molecule has 1 saturated heterocycles. The summed E-state index contributed by atoms with van der Waals surface area (Å²) < 4.78 is 7.51. The third kappa shape index (κ3) is 7.94. The van der Waals surface area contributed by atoms with E-state index >= 15 is 0 Å². The summed E-state index contributed by atoms with van der Waals surface area (Å²) in [6.45, 7) is 17.7. The molecule has 0 spiro atoms. The molecule has 0 radical (unpaired) electrons. The Balaban J connectivity index is 0.000000235. The van der Waals surface area contributed by atoms with Gasteiger partial charge in [-0.15, -0.1) is 11.6 Å². The normalized spacial score (nSPS) is 19.4. The molecule has 180 valence electrons. The van der Waals surface area contributed by atoms with E-state index in [0.29, 0.717) is 12.0 Å². The minimum absolute atomic E-state index is 0.109. The first-order chi connectivity index (χ1) is 14.8. The Morgan fingerprint density at radius 1 is 0.969 bits per heavy atom. The van der Waals surface area contributed by atoms with Crippen LogP contribution in [0.3, 0.4) is 0 Å². The van der Waals surface area contributed by atoms with E-state index in [0.717, 1.165) is 17.7 Å². The third-order valence-electron chi connectivity index (χ3n) is 5.49. The van der Waals surface area contributed by atoms with E-state index in [-0.39, 0.29) is 17.1 Å². The van der Waals surface area contributed by atoms with E-state index in [9.17, 15) is 0 Å². The van der Waals surface area contributed by atoms with E-state index in [2.05, 4.69) is 65.8 Å². The second-order valence-electron chi connectivity index (χ2n) is 10.3. The number of para-hydroxylation sites is 1. The Hall–Kier alpha value is -0.727. The van der Waals surface area contributed by atoms with Crippen LogP contribution in [0.25, 0.3) is 5.32 Å². The van der Waals surface area contributed by atoms with E-state index in [1.54, 1.807) is 0 Å². The molecular formula is C27H38Cl2NORu-. The number of ether oxygens (including phenoxy) is 1. The van der Waals surface area contributed by atoms with Crippen molar-refractivity contribution in [2.24, 2.45) is 5.41 Å². The number of rotatable bonds is 5. The fourth-order valence-corrected chi connectivity index (χ4v) is 6.37. The zero-order valence-corrected chi connectivity index (χ0v) is 23.9. The van der Waals surface area contributed by atoms with Gasteiger partial charge >= 0.3 is 97.8 Å². The van der Waals surface area contributed by atoms with Crippen LogP contribution in [0.5, 0.6) is 5.75 Å². The Labute approximate surface area is 208 Å². The Bertz CT molecular complexity index is 917. The van der Waals surface area contributed by atoms with Crippen molar-refractivity contribution >= 4 is 24.0 Å². The fraction of sp³-hybridized carbons (Fsp3) is 0.519. The summed E-state index contributed by atoms with van der Waals surface area (Å²) >= 11 is -1.77. The summed E-state index contributed by atoms with van der Waals surface area (Å²) in [7, 11) is 11.6. The van der Waals surface area contributed by atoms with Crippen molar-refractivity contribution < 1.29 is 18.3 Å². The van der Waals surface area contributed by atoms with Gasteiger partial charge in [-0.25, -0.2) is 0 Å². The van der Waals surface area contributed by atoms with Gasteiger partial charge in [-0.2, -0.15) is 0 Å². The molecule has 0 N–H and O–H groups in total. The maximum atomic E-state index is 5.82. The molecule has 1 atom stereocenters. The average Bonchev–Trinajstić information content (AvgIpc) is 2.90. The van der Waals surface area contributed by atoms with Crippen LogP contribution in [-0.4, -0.2) is 16.3 Å².